The summed E-state index contributed by atoms with van der Waals surface area (Å²) in [5.74, 6) is 0. The van der Waals surface area contributed by atoms with Crippen LogP contribution in [0.1, 0.15) is 60.8 Å². The highest BCUT2D eigenvalue weighted by atomic mass is 14.6. The van der Waals surface area contributed by atoms with Crippen LogP contribution in [-0.2, 0) is 10.8 Å². The number of aryl methyl sites for hydroxylation is 2. The van der Waals surface area contributed by atoms with Gasteiger partial charge in [0.2, 0.25) is 0 Å². The number of fused-ring (bicyclic) bond motifs is 3. The average Bonchev–Trinajstić information content (AvgIpc) is 3.04. The fourth-order valence-corrected chi connectivity index (χ4v) is 6.22. The molecule has 2 saturated carbocycles. The molecule has 0 spiro atoms. The lowest BCUT2D eigenvalue weighted by molar-refractivity contribution is 0.299. The molecule has 2 fully saturated rings. The van der Waals surface area contributed by atoms with Crippen molar-refractivity contribution in [3.8, 4) is 11.1 Å². The van der Waals surface area contributed by atoms with Crippen LogP contribution in [0.5, 0.6) is 0 Å². The van der Waals surface area contributed by atoms with E-state index in [1.807, 2.05) is 0 Å². The van der Waals surface area contributed by atoms with Crippen LogP contribution in [-0.4, -0.2) is 0 Å². The number of benzene rings is 2. The highest BCUT2D eigenvalue weighted by Crippen LogP contribution is 2.69. The number of hydrogen-bond acceptors (Lipinski definition) is 0. The van der Waals surface area contributed by atoms with Crippen LogP contribution in [0.15, 0.2) is 36.4 Å². The predicted octanol–water partition coefficient (Wildman–Crippen LogP) is 5.83. The lowest BCUT2D eigenvalue weighted by Crippen LogP contribution is -2.43. The van der Waals surface area contributed by atoms with E-state index in [0.717, 1.165) is 0 Å². The van der Waals surface area contributed by atoms with Gasteiger partial charge in [-0.3, -0.25) is 0 Å². The molecule has 0 bridgehead atoms. The highest BCUT2D eigenvalue weighted by molar-refractivity contribution is 5.79. The Bertz CT molecular complexity index is 705. The monoisotopic (exact) mass is 288 g/mol. The van der Waals surface area contributed by atoms with Gasteiger partial charge in [-0.15, -0.1) is 0 Å². The quantitative estimate of drug-likeness (QED) is 0.572. The molecule has 0 aliphatic heterocycles. The third-order valence-electron chi connectivity index (χ3n) is 7.00. The van der Waals surface area contributed by atoms with Crippen molar-refractivity contribution in [3.05, 3.63) is 58.7 Å². The van der Waals surface area contributed by atoms with Gasteiger partial charge in [0.05, 0.1) is 0 Å². The third kappa shape index (κ3) is 1.31. The Morgan fingerprint density at radius 1 is 0.636 bits per heavy atom. The normalized spacial score (nSPS) is 31.4. The summed E-state index contributed by atoms with van der Waals surface area (Å²) in [4.78, 5) is 0. The van der Waals surface area contributed by atoms with E-state index in [9.17, 15) is 0 Å². The molecule has 0 N–H and O–H groups in total. The van der Waals surface area contributed by atoms with Crippen LogP contribution in [0.3, 0.4) is 0 Å². The molecule has 22 heavy (non-hydrogen) atoms. The Balaban J connectivity index is 1.93. The summed E-state index contributed by atoms with van der Waals surface area (Å²) in [6.45, 7) is 4.51. The summed E-state index contributed by atoms with van der Waals surface area (Å²) < 4.78 is 0. The van der Waals surface area contributed by atoms with Gasteiger partial charge in [-0.2, -0.15) is 0 Å². The second-order valence-corrected chi connectivity index (χ2v) is 7.97. The minimum Gasteiger partial charge on any atom is -0.0587 e. The zero-order valence-electron chi connectivity index (χ0n) is 13.7. The fraction of sp³-hybridized carbons (Fsp3) is 0.455. The molecule has 5 rings (SSSR count). The highest BCUT2D eigenvalue weighted by Gasteiger charge is 2.62. The summed E-state index contributed by atoms with van der Waals surface area (Å²) in [5, 5.41) is 0. The van der Waals surface area contributed by atoms with Gasteiger partial charge in [0.15, 0.2) is 0 Å². The topological polar surface area (TPSA) is 0 Å². The summed E-state index contributed by atoms with van der Waals surface area (Å²) in [5.41, 5.74) is 10.1. The van der Waals surface area contributed by atoms with Gasteiger partial charge in [-0.05, 0) is 61.8 Å². The first-order valence-corrected chi connectivity index (χ1v) is 8.89. The maximum atomic E-state index is 2.52. The molecule has 2 aromatic rings. The largest absolute Gasteiger partial charge is 0.0587 e. The standard InChI is InChI=1S/C22H24/c1-15-5-7-17-18-8-6-16(2)14-20(18)22-11-3-9-21(22,10-4-12-22)19(17)13-15/h5-8,13-14H,3-4,9-12H2,1-2H3. The predicted molar refractivity (Wildman–Crippen MR) is 92.4 cm³/mol. The number of hydrogen-bond donors (Lipinski definition) is 0. The molecule has 0 aromatic heterocycles. The summed E-state index contributed by atoms with van der Waals surface area (Å²) in [6.07, 6.45) is 8.41. The maximum Gasteiger partial charge on any atom is 0.00563 e. The van der Waals surface area contributed by atoms with Crippen LogP contribution >= 0.6 is 0 Å². The van der Waals surface area contributed by atoms with Crippen molar-refractivity contribution in [2.24, 2.45) is 0 Å². The van der Waals surface area contributed by atoms with Crippen LogP contribution in [0, 0.1) is 13.8 Å². The van der Waals surface area contributed by atoms with E-state index in [4.69, 9.17) is 0 Å². The Morgan fingerprint density at radius 2 is 1.05 bits per heavy atom. The molecule has 0 atom stereocenters. The molecular weight excluding hydrogens is 264 g/mol. The van der Waals surface area contributed by atoms with E-state index in [1.54, 1.807) is 11.1 Å². The Hall–Kier alpha value is -1.56. The molecule has 0 nitrogen and oxygen atoms in total. The van der Waals surface area contributed by atoms with Crippen LogP contribution in [0.2, 0.25) is 0 Å². The van der Waals surface area contributed by atoms with Crippen LogP contribution < -0.4 is 0 Å². The van der Waals surface area contributed by atoms with Gasteiger partial charge in [0.25, 0.3) is 0 Å². The lowest BCUT2D eigenvalue weighted by Gasteiger charge is -2.48. The van der Waals surface area contributed by atoms with Crippen molar-refractivity contribution in [2.45, 2.75) is 63.2 Å². The zero-order valence-corrected chi connectivity index (χ0v) is 13.7. The zero-order chi connectivity index (χ0) is 14.9. The Kier molecular flexibility index (Phi) is 2.38. The van der Waals surface area contributed by atoms with Gasteiger partial charge >= 0.3 is 0 Å². The van der Waals surface area contributed by atoms with E-state index in [0.29, 0.717) is 10.8 Å². The summed E-state index contributed by atoms with van der Waals surface area (Å²) in [6, 6.07) is 14.4. The van der Waals surface area contributed by atoms with E-state index in [2.05, 4.69) is 50.2 Å². The molecule has 0 saturated heterocycles. The molecule has 0 radical (unpaired) electrons. The van der Waals surface area contributed by atoms with Gasteiger partial charge in [-0.1, -0.05) is 60.4 Å². The van der Waals surface area contributed by atoms with E-state index < -0.39 is 0 Å². The molecular formula is C22H24. The minimum absolute atomic E-state index is 0.440. The molecule has 3 aliphatic carbocycles. The van der Waals surface area contributed by atoms with Crippen molar-refractivity contribution >= 4 is 0 Å². The van der Waals surface area contributed by atoms with Gasteiger partial charge in [0, 0.05) is 10.8 Å². The average molecular weight is 288 g/mol. The van der Waals surface area contributed by atoms with Crippen molar-refractivity contribution in [1.82, 2.24) is 0 Å². The van der Waals surface area contributed by atoms with Crippen molar-refractivity contribution < 1.29 is 0 Å². The summed E-state index contributed by atoms with van der Waals surface area (Å²) >= 11 is 0. The molecule has 2 aromatic carbocycles. The Labute approximate surface area is 133 Å². The summed E-state index contributed by atoms with van der Waals surface area (Å²) in [7, 11) is 0. The molecule has 0 unspecified atom stereocenters. The van der Waals surface area contributed by atoms with E-state index in [1.165, 1.54) is 60.8 Å². The number of rotatable bonds is 0. The molecule has 3 aliphatic rings. The second kappa shape index (κ2) is 4.04. The first-order chi connectivity index (χ1) is 10.7. The molecule has 0 heterocycles. The van der Waals surface area contributed by atoms with Crippen LogP contribution in [0.25, 0.3) is 11.1 Å². The van der Waals surface area contributed by atoms with Crippen molar-refractivity contribution in [1.29, 1.82) is 0 Å². The first kappa shape index (κ1) is 12.9. The lowest BCUT2D eigenvalue weighted by atomic mass is 9.55. The minimum atomic E-state index is 0.440. The van der Waals surface area contributed by atoms with Crippen molar-refractivity contribution in [3.63, 3.8) is 0 Å². The first-order valence-electron chi connectivity index (χ1n) is 8.89. The third-order valence-corrected chi connectivity index (χ3v) is 7.00. The molecule has 0 amide bonds. The molecule has 0 heteroatoms. The Morgan fingerprint density at radius 3 is 1.45 bits per heavy atom. The van der Waals surface area contributed by atoms with Crippen LogP contribution in [0.4, 0.5) is 0 Å². The molecule has 112 valence electrons. The van der Waals surface area contributed by atoms with E-state index >= 15 is 0 Å². The fourth-order valence-electron chi connectivity index (χ4n) is 6.22. The SMILES string of the molecule is Cc1ccc2c(c1)C13CCCC1(CCC3)c1cc(C)ccc1-2. The van der Waals surface area contributed by atoms with Crippen molar-refractivity contribution in [2.75, 3.05) is 0 Å². The smallest absolute Gasteiger partial charge is 0.00563 e. The maximum absolute atomic E-state index is 2.52. The van der Waals surface area contributed by atoms with Gasteiger partial charge in [0.1, 0.15) is 0 Å². The van der Waals surface area contributed by atoms with Gasteiger partial charge < -0.3 is 0 Å². The van der Waals surface area contributed by atoms with Gasteiger partial charge in [-0.25, -0.2) is 0 Å². The second-order valence-electron chi connectivity index (χ2n) is 7.97. The van der Waals surface area contributed by atoms with E-state index in [-0.39, 0.29) is 0 Å².